The van der Waals surface area contributed by atoms with Crippen molar-refractivity contribution in [1.29, 1.82) is 0 Å². The maximum atomic E-state index is 12.2. The van der Waals surface area contributed by atoms with Crippen molar-refractivity contribution in [3.05, 3.63) is 0 Å². The summed E-state index contributed by atoms with van der Waals surface area (Å²) in [7, 11) is 0. The van der Waals surface area contributed by atoms with E-state index in [4.69, 9.17) is 0 Å². The normalized spacial score (nSPS) is 44.4. The van der Waals surface area contributed by atoms with Crippen molar-refractivity contribution in [3.63, 3.8) is 0 Å². The largest absolute Gasteiger partial charge is 0.323 e. The van der Waals surface area contributed by atoms with Crippen LogP contribution in [-0.4, -0.2) is 29.1 Å². The molecule has 1 amide bonds. The predicted molar refractivity (Wildman–Crippen MR) is 64.9 cm³/mol. The van der Waals surface area contributed by atoms with Gasteiger partial charge in [0.15, 0.2) is 0 Å². The summed E-state index contributed by atoms with van der Waals surface area (Å²) in [5.74, 6) is 1.72. The van der Waals surface area contributed by atoms with E-state index in [0.717, 1.165) is 12.3 Å². The van der Waals surface area contributed by atoms with Crippen LogP contribution in [0.25, 0.3) is 0 Å². The highest BCUT2D eigenvalue weighted by Gasteiger charge is 2.44. The van der Waals surface area contributed by atoms with E-state index in [9.17, 15) is 4.79 Å². The highest BCUT2D eigenvalue weighted by molar-refractivity contribution is 5.84. The number of rotatable bonds is 2. The number of amides is 1. The quantitative estimate of drug-likeness (QED) is 0.778. The van der Waals surface area contributed by atoms with Crippen LogP contribution in [-0.2, 0) is 4.79 Å². The number of carbonyl (C=O) groups excluding carboxylic acids is 1. The predicted octanol–water partition coefficient (Wildman–Crippen LogP) is 1.98. The average molecular weight is 224 g/mol. The molecule has 1 saturated carbocycles. The maximum Gasteiger partial charge on any atom is 0.241 e. The average Bonchev–Trinajstić information content (AvgIpc) is 2.71. The van der Waals surface area contributed by atoms with Gasteiger partial charge in [-0.25, -0.2) is 0 Å². The second-order valence-electron chi connectivity index (χ2n) is 5.53. The molecule has 5 atom stereocenters. The minimum Gasteiger partial charge on any atom is -0.323 e. The van der Waals surface area contributed by atoms with Crippen molar-refractivity contribution in [2.45, 2.75) is 65.2 Å². The first-order valence-electron chi connectivity index (χ1n) is 6.64. The van der Waals surface area contributed by atoms with Gasteiger partial charge >= 0.3 is 0 Å². The molecule has 1 aliphatic heterocycles. The lowest BCUT2D eigenvalue weighted by atomic mass is 9.96. The summed E-state index contributed by atoms with van der Waals surface area (Å²) in [4.78, 5) is 14.4. The highest BCUT2D eigenvalue weighted by Crippen LogP contribution is 2.36. The van der Waals surface area contributed by atoms with E-state index in [1.54, 1.807) is 0 Å². The van der Waals surface area contributed by atoms with E-state index >= 15 is 0 Å². The first-order chi connectivity index (χ1) is 7.56. The molecule has 3 nitrogen and oxygen atoms in total. The zero-order chi connectivity index (χ0) is 11.9. The van der Waals surface area contributed by atoms with E-state index in [0.29, 0.717) is 17.9 Å². The Kier molecular flexibility index (Phi) is 3.24. The topological polar surface area (TPSA) is 32.3 Å². The maximum absolute atomic E-state index is 12.2. The van der Waals surface area contributed by atoms with Crippen molar-refractivity contribution >= 4 is 5.91 Å². The molecule has 2 rings (SSSR count). The molecule has 2 fully saturated rings. The summed E-state index contributed by atoms with van der Waals surface area (Å²) in [5.41, 5.74) is 0. The van der Waals surface area contributed by atoms with Gasteiger partial charge in [-0.05, 0) is 38.0 Å². The molecule has 1 saturated heterocycles. The van der Waals surface area contributed by atoms with Crippen LogP contribution in [0.2, 0.25) is 0 Å². The van der Waals surface area contributed by atoms with Crippen LogP contribution in [0.4, 0.5) is 0 Å². The minimum absolute atomic E-state index is 0.0538. The van der Waals surface area contributed by atoms with E-state index in [2.05, 4.69) is 37.9 Å². The number of nitrogens with zero attached hydrogens (tertiary/aromatic N) is 1. The molecular weight excluding hydrogens is 200 g/mol. The Hall–Kier alpha value is -0.570. The molecule has 2 aliphatic rings. The second kappa shape index (κ2) is 4.36. The van der Waals surface area contributed by atoms with Crippen LogP contribution in [0.5, 0.6) is 0 Å². The molecule has 0 spiro atoms. The smallest absolute Gasteiger partial charge is 0.241 e. The molecule has 0 aromatic heterocycles. The summed E-state index contributed by atoms with van der Waals surface area (Å²) in [5, 5.41) is 3.39. The molecular formula is C13H24N2O. The van der Waals surface area contributed by atoms with Crippen molar-refractivity contribution < 1.29 is 4.79 Å². The molecule has 92 valence electrons. The fraction of sp³-hybridized carbons (Fsp3) is 0.923. The van der Waals surface area contributed by atoms with E-state index < -0.39 is 0 Å². The van der Waals surface area contributed by atoms with E-state index in [-0.39, 0.29) is 12.2 Å². The zero-order valence-corrected chi connectivity index (χ0v) is 10.9. The van der Waals surface area contributed by atoms with Gasteiger partial charge in [-0.15, -0.1) is 0 Å². The fourth-order valence-corrected chi connectivity index (χ4v) is 3.29. The SMILES string of the molecule is CCC1NC(C)N(C2CCC(C)C2C)C1=O. The standard InChI is InChI=1S/C13H24N2O/c1-5-11-13(16)15(10(4)14-11)12-7-6-8(2)9(12)3/h8-12,14H,5-7H2,1-4H3. The Bertz CT molecular complexity index is 279. The zero-order valence-electron chi connectivity index (χ0n) is 10.9. The molecule has 1 aliphatic carbocycles. The van der Waals surface area contributed by atoms with E-state index in [1.165, 1.54) is 12.8 Å². The van der Waals surface area contributed by atoms with Gasteiger partial charge in [0.25, 0.3) is 0 Å². The van der Waals surface area contributed by atoms with Crippen LogP contribution in [0.1, 0.15) is 47.0 Å². The lowest BCUT2D eigenvalue weighted by Gasteiger charge is -2.32. The molecule has 5 unspecified atom stereocenters. The van der Waals surface area contributed by atoms with Crippen molar-refractivity contribution in [1.82, 2.24) is 10.2 Å². The summed E-state index contributed by atoms with van der Waals surface area (Å²) in [6.45, 7) is 8.79. The molecule has 16 heavy (non-hydrogen) atoms. The third-order valence-corrected chi connectivity index (χ3v) is 4.60. The highest BCUT2D eigenvalue weighted by atomic mass is 16.2. The lowest BCUT2D eigenvalue weighted by molar-refractivity contribution is -0.132. The molecule has 3 heteroatoms. The number of carbonyl (C=O) groups is 1. The Balaban J connectivity index is 2.12. The number of hydrogen-bond donors (Lipinski definition) is 1. The van der Waals surface area contributed by atoms with Gasteiger partial charge in [-0.3, -0.25) is 10.1 Å². The second-order valence-corrected chi connectivity index (χ2v) is 5.53. The molecule has 1 heterocycles. The number of nitrogens with one attached hydrogen (secondary N) is 1. The van der Waals surface area contributed by atoms with E-state index in [1.807, 2.05) is 0 Å². The van der Waals surface area contributed by atoms with Gasteiger partial charge in [-0.1, -0.05) is 20.8 Å². The molecule has 1 N–H and O–H groups in total. The van der Waals surface area contributed by atoms with Gasteiger partial charge < -0.3 is 4.90 Å². The van der Waals surface area contributed by atoms with Crippen molar-refractivity contribution in [2.24, 2.45) is 11.8 Å². The molecule has 0 aromatic carbocycles. The van der Waals surface area contributed by atoms with Crippen LogP contribution in [0.3, 0.4) is 0 Å². The minimum atomic E-state index is 0.0538. The third kappa shape index (κ3) is 1.75. The van der Waals surface area contributed by atoms with Crippen LogP contribution in [0.15, 0.2) is 0 Å². The molecule has 0 bridgehead atoms. The van der Waals surface area contributed by atoms with Gasteiger partial charge in [0, 0.05) is 6.04 Å². The third-order valence-electron chi connectivity index (χ3n) is 4.60. The summed E-state index contributed by atoms with van der Waals surface area (Å²) >= 11 is 0. The van der Waals surface area contributed by atoms with Gasteiger partial charge in [0.1, 0.15) is 0 Å². The van der Waals surface area contributed by atoms with Crippen LogP contribution >= 0.6 is 0 Å². The first-order valence-corrected chi connectivity index (χ1v) is 6.64. The van der Waals surface area contributed by atoms with Crippen molar-refractivity contribution in [2.75, 3.05) is 0 Å². The molecule has 0 radical (unpaired) electrons. The Morgan fingerprint density at radius 2 is 2.00 bits per heavy atom. The first kappa shape index (κ1) is 11.9. The van der Waals surface area contributed by atoms with Crippen molar-refractivity contribution in [3.8, 4) is 0 Å². The van der Waals surface area contributed by atoms with Gasteiger partial charge in [0.05, 0.1) is 12.2 Å². The van der Waals surface area contributed by atoms with Crippen LogP contribution < -0.4 is 5.32 Å². The van der Waals surface area contributed by atoms with Crippen LogP contribution in [0, 0.1) is 11.8 Å². The monoisotopic (exact) mass is 224 g/mol. The van der Waals surface area contributed by atoms with Gasteiger partial charge in [-0.2, -0.15) is 0 Å². The fourth-order valence-electron chi connectivity index (χ4n) is 3.29. The summed E-state index contributed by atoms with van der Waals surface area (Å²) < 4.78 is 0. The summed E-state index contributed by atoms with van der Waals surface area (Å²) in [6.07, 6.45) is 3.56. The Morgan fingerprint density at radius 1 is 1.31 bits per heavy atom. The molecule has 0 aromatic rings. The van der Waals surface area contributed by atoms with Gasteiger partial charge in [0.2, 0.25) is 5.91 Å². The lowest BCUT2D eigenvalue weighted by Crippen LogP contribution is -2.44. The number of hydrogen-bond acceptors (Lipinski definition) is 2. The Morgan fingerprint density at radius 3 is 2.44 bits per heavy atom. The Labute approximate surface area is 98.6 Å². The summed E-state index contributed by atoms with van der Waals surface area (Å²) in [6, 6.07) is 0.514.